The SMILES string of the molecule is CNCC1CCCN(Cc2ccc(O)c(Cl)c2)C1. The number of halogens is 1. The second-order valence-electron chi connectivity index (χ2n) is 5.09. The van der Waals surface area contributed by atoms with Crippen LogP contribution in [-0.4, -0.2) is 36.7 Å². The number of rotatable bonds is 4. The van der Waals surface area contributed by atoms with Gasteiger partial charge in [-0.15, -0.1) is 0 Å². The highest BCUT2D eigenvalue weighted by atomic mass is 35.5. The summed E-state index contributed by atoms with van der Waals surface area (Å²) in [6, 6.07) is 5.48. The van der Waals surface area contributed by atoms with Crippen LogP contribution in [0.5, 0.6) is 5.75 Å². The van der Waals surface area contributed by atoms with Gasteiger partial charge in [-0.1, -0.05) is 17.7 Å². The lowest BCUT2D eigenvalue weighted by atomic mass is 9.97. The van der Waals surface area contributed by atoms with E-state index >= 15 is 0 Å². The van der Waals surface area contributed by atoms with Crippen LogP contribution in [0.25, 0.3) is 0 Å². The largest absolute Gasteiger partial charge is 0.506 e. The van der Waals surface area contributed by atoms with Gasteiger partial charge in [0.1, 0.15) is 5.75 Å². The van der Waals surface area contributed by atoms with Crippen LogP contribution in [0.3, 0.4) is 0 Å². The molecule has 18 heavy (non-hydrogen) atoms. The predicted molar refractivity (Wildman–Crippen MR) is 75.0 cm³/mol. The Morgan fingerprint density at radius 3 is 3.06 bits per heavy atom. The normalized spacial score (nSPS) is 21.1. The zero-order valence-electron chi connectivity index (χ0n) is 10.8. The summed E-state index contributed by atoms with van der Waals surface area (Å²) in [4.78, 5) is 2.47. The van der Waals surface area contributed by atoms with Gasteiger partial charge < -0.3 is 10.4 Å². The average Bonchev–Trinajstić information content (AvgIpc) is 2.35. The molecule has 1 atom stereocenters. The van der Waals surface area contributed by atoms with Crippen molar-refractivity contribution in [2.24, 2.45) is 5.92 Å². The Balaban J connectivity index is 1.93. The molecule has 0 amide bonds. The summed E-state index contributed by atoms with van der Waals surface area (Å²) in [5.41, 5.74) is 1.17. The minimum Gasteiger partial charge on any atom is -0.506 e. The van der Waals surface area contributed by atoms with Crippen molar-refractivity contribution in [1.82, 2.24) is 10.2 Å². The Kier molecular flexibility index (Phi) is 4.87. The molecule has 0 aliphatic carbocycles. The second-order valence-corrected chi connectivity index (χ2v) is 5.49. The molecular weight excluding hydrogens is 248 g/mol. The molecule has 1 saturated heterocycles. The molecule has 0 aromatic heterocycles. The van der Waals surface area contributed by atoms with Crippen molar-refractivity contribution in [3.05, 3.63) is 28.8 Å². The Morgan fingerprint density at radius 2 is 2.33 bits per heavy atom. The van der Waals surface area contributed by atoms with Crippen LogP contribution in [0.1, 0.15) is 18.4 Å². The Labute approximate surface area is 114 Å². The van der Waals surface area contributed by atoms with Gasteiger partial charge in [0.15, 0.2) is 0 Å². The van der Waals surface area contributed by atoms with Crippen LogP contribution in [-0.2, 0) is 6.54 Å². The lowest BCUT2D eigenvalue weighted by Crippen LogP contribution is -2.38. The highest BCUT2D eigenvalue weighted by Gasteiger charge is 2.19. The van der Waals surface area contributed by atoms with Crippen molar-refractivity contribution in [1.29, 1.82) is 0 Å². The van der Waals surface area contributed by atoms with Gasteiger partial charge in [-0.2, -0.15) is 0 Å². The first-order chi connectivity index (χ1) is 8.69. The van der Waals surface area contributed by atoms with Crippen molar-refractivity contribution in [3.8, 4) is 5.75 Å². The first kappa shape index (κ1) is 13.7. The second kappa shape index (κ2) is 6.41. The third-order valence-electron chi connectivity index (χ3n) is 3.51. The molecular formula is C14H21ClN2O. The molecule has 1 aromatic rings. The molecule has 1 aliphatic rings. The average molecular weight is 269 g/mol. The molecule has 1 unspecified atom stereocenters. The third-order valence-corrected chi connectivity index (χ3v) is 3.82. The summed E-state index contributed by atoms with van der Waals surface area (Å²) in [5, 5.41) is 13.1. The summed E-state index contributed by atoms with van der Waals surface area (Å²) < 4.78 is 0. The maximum absolute atomic E-state index is 9.41. The first-order valence-corrected chi connectivity index (χ1v) is 6.91. The molecule has 0 bridgehead atoms. The Hall–Kier alpha value is -0.770. The third kappa shape index (κ3) is 3.61. The molecule has 4 heteroatoms. The Bertz CT molecular complexity index is 395. The number of hydrogen-bond acceptors (Lipinski definition) is 3. The van der Waals surface area contributed by atoms with Crippen LogP contribution < -0.4 is 5.32 Å². The fourth-order valence-electron chi connectivity index (χ4n) is 2.66. The van der Waals surface area contributed by atoms with Crippen LogP contribution in [0, 0.1) is 5.92 Å². The van der Waals surface area contributed by atoms with E-state index in [-0.39, 0.29) is 5.75 Å². The molecule has 2 rings (SSSR count). The van der Waals surface area contributed by atoms with Crippen LogP contribution >= 0.6 is 11.6 Å². The minimum absolute atomic E-state index is 0.159. The van der Waals surface area contributed by atoms with Gasteiger partial charge in [-0.05, 0) is 56.6 Å². The molecule has 3 nitrogen and oxygen atoms in total. The van der Waals surface area contributed by atoms with E-state index in [1.165, 1.54) is 18.4 Å². The number of phenolic OH excluding ortho intramolecular Hbond substituents is 1. The van der Waals surface area contributed by atoms with Crippen molar-refractivity contribution < 1.29 is 5.11 Å². The molecule has 100 valence electrons. The van der Waals surface area contributed by atoms with Gasteiger partial charge >= 0.3 is 0 Å². The minimum atomic E-state index is 0.159. The monoisotopic (exact) mass is 268 g/mol. The number of benzene rings is 1. The highest BCUT2D eigenvalue weighted by Crippen LogP contribution is 2.25. The summed E-state index contributed by atoms with van der Waals surface area (Å²) in [6.45, 7) is 4.30. The molecule has 0 radical (unpaired) electrons. The van der Waals surface area contributed by atoms with Crippen molar-refractivity contribution in [2.75, 3.05) is 26.7 Å². The van der Waals surface area contributed by atoms with Gasteiger partial charge in [0, 0.05) is 13.1 Å². The number of likely N-dealkylation sites (tertiary alicyclic amines) is 1. The summed E-state index contributed by atoms with van der Waals surface area (Å²) in [5.74, 6) is 0.906. The lowest BCUT2D eigenvalue weighted by Gasteiger charge is -2.32. The molecule has 1 aliphatic heterocycles. The number of nitrogens with zero attached hydrogens (tertiary/aromatic N) is 1. The van der Waals surface area contributed by atoms with Gasteiger partial charge in [-0.25, -0.2) is 0 Å². The van der Waals surface area contributed by atoms with E-state index in [2.05, 4.69) is 10.2 Å². The van der Waals surface area contributed by atoms with E-state index in [0.717, 1.165) is 32.1 Å². The van der Waals surface area contributed by atoms with Gasteiger partial charge in [0.2, 0.25) is 0 Å². The van der Waals surface area contributed by atoms with E-state index in [1.807, 2.05) is 19.2 Å². The number of hydrogen-bond donors (Lipinski definition) is 2. The van der Waals surface area contributed by atoms with Crippen molar-refractivity contribution in [2.45, 2.75) is 19.4 Å². The highest BCUT2D eigenvalue weighted by molar-refractivity contribution is 6.32. The standard InChI is InChI=1S/C14H21ClN2O/c1-16-8-12-3-2-6-17(10-12)9-11-4-5-14(18)13(15)7-11/h4-5,7,12,16,18H,2-3,6,8-10H2,1H3. The number of nitrogens with one attached hydrogen (secondary N) is 1. The Morgan fingerprint density at radius 1 is 1.50 bits per heavy atom. The van der Waals surface area contributed by atoms with Gasteiger partial charge in [0.05, 0.1) is 5.02 Å². The molecule has 1 fully saturated rings. The van der Waals surface area contributed by atoms with Gasteiger partial charge in [0.25, 0.3) is 0 Å². The smallest absolute Gasteiger partial charge is 0.134 e. The van der Waals surface area contributed by atoms with Crippen LogP contribution in [0.15, 0.2) is 18.2 Å². The van der Waals surface area contributed by atoms with E-state index in [9.17, 15) is 5.11 Å². The number of piperidine rings is 1. The summed E-state index contributed by atoms with van der Waals surface area (Å²) in [7, 11) is 2.01. The summed E-state index contributed by atoms with van der Waals surface area (Å²) >= 11 is 5.93. The van der Waals surface area contributed by atoms with Gasteiger partial charge in [-0.3, -0.25) is 4.90 Å². The first-order valence-electron chi connectivity index (χ1n) is 6.53. The zero-order chi connectivity index (χ0) is 13.0. The quantitative estimate of drug-likeness (QED) is 0.881. The van der Waals surface area contributed by atoms with E-state index in [4.69, 9.17) is 11.6 Å². The molecule has 2 N–H and O–H groups in total. The summed E-state index contributed by atoms with van der Waals surface area (Å²) in [6.07, 6.45) is 2.58. The number of phenols is 1. The fourth-order valence-corrected chi connectivity index (χ4v) is 2.86. The molecule has 0 spiro atoms. The van der Waals surface area contributed by atoms with E-state index in [1.54, 1.807) is 6.07 Å². The maximum atomic E-state index is 9.41. The molecule has 1 heterocycles. The molecule has 0 saturated carbocycles. The van der Waals surface area contributed by atoms with E-state index in [0.29, 0.717) is 5.02 Å². The van der Waals surface area contributed by atoms with E-state index < -0.39 is 0 Å². The predicted octanol–water partition coefficient (Wildman–Crippen LogP) is 2.48. The zero-order valence-corrected chi connectivity index (χ0v) is 11.6. The molecule has 1 aromatic carbocycles. The van der Waals surface area contributed by atoms with Crippen LogP contribution in [0.4, 0.5) is 0 Å². The fraction of sp³-hybridized carbons (Fsp3) is 0.571. The lowest BCUT2D eigenvalue weighted by molar-refractivity contribution is 0.167. The number of aromatic hydroxyl groups is 1. The van der Waals surface area contributed by atoms with Crippen molar-refractivity contribution >= 4 is 11.6 Å². The van der Waals surface area contributed by atoms with Crippen LogP contribution in [0.2, 0.25) is 5.02 Å². The topological polar surface area (TPSA) is 35.5 Å². The maximum Gasteiger partial charge on any atom is 0.134 e. The van der Waals surface area contributed by atoms with Crippen molar-refractivity contribution in [3.63, 3.8) is 0 Å².